The first-order chi connectivity index (χ1) is 12.0. The molecule has 3 aromatic rings. The molecule has 0 spiro atoms. The van der Waals surface area contributed by atoms with Crippen LogP contribution < -0.4 is 10.9 Å². The van der Waals surface area contributed by atoms with E-state index in [1.165, 1.54) is 0 Å². The lowest BCUT2D eigenvalue weighted by Gasteiger charge is -2.16. The number of hydrogen-bond acceptors (Lipinski definition) is 4. The van der Waals surface area contributed by atoms with Crippen LogP contribution in [0.2, 0.25) is 0 Å². The minimum absolute atomic E-state index is 0.178. The van der Waals surface area contributed by atoms with E-state index < -0.39 is 0 Å². The van der Waals surface area contributed by atoms with Crippen LogP contribution >= 0.6 is 0 Å². The van der Waals surface area contributed by atoms with E-state index in [-0.39, 0.29) is 23.9 Å². The van der Waals surface area contributed by atoms with Crippen LogP contribution in [-0.2, 0) is 11.3 Å². The third kappa shape index (κ3) is 3.42. The fourth-order valence-corrected chi connectivity index (χ4v) is 2.78. The SMILES string of the molecule is Cc1cccc(C(C)C)c1NC(=O)Cn1nnc2ccccc2c1=O. The summed E-state index contributed by atoms with van der Waals surface area (Å²) in [5.74, 6) is -0.0266. The smallest absolute Gasteiger partial charge is 0.278 e. The number of benzene rings is 2. The number of carbonyl (C=O) groups excluding carboxylic acids is 1. The number of rotatable bonds is 4. The first kappa shape index (κ1) is 16.8. The number of anilines is 1. The fourth-order valence-electron chi connectivity index (χ4n) is 2.78. The second-order valence-corrected chi connectivity index (χ2v) is 6.31. The zero-order chi connectivity index (χ0) is 18.0. The van der Waals surface area contributed by atoms with Gasteiger partial charge in [-0.1, -0.05) is 49.4 Å². The molecular formula is C19H20N4O2. The lowest BCUT2D eigenvalue weighted by molar-refractivity contribution is -0.117. The summed E-state index contributed by atoms with van der Waals surface area (Å²) in [5.41, 5.74) is 3.03. The highest BCUT2D eigenvalue weighted by Crippen LogP contribution is 2.27. The standard InChI is InChI=1S/C19H20N4O2/c1-12(2)14-9-6-7-13(3)18(14)20-17(24)11-23-19(25)15-8-4-5-10-16(15)21-22-23/h4-10,12H,11H2,1-3H3,(H,20,24). The molecule has 6 heteroatoms. The Morgan fingerprint density at radius 1 is 1.16 bits per heavy atom. The van der Waals surface area contributed by atoms with Crippen molar-refractivity contribution in [3.05, 3.63) is 63.9 Å². The lowest BCUT2D eigenvalue weighted by Crippen LogP contribution is -2.30. The number of hydrogen-bond donors (Lipinski definition) is 1. The molecule has 0 aliphatic rings. The molecule has 0 aliphatic heterocycles. The van der Waals surface area contributed by atoms with Gasteiger partial charge in [-0.2, -0.15) is 0 Å². The molecule has 0 aliphatic carbocycles. The second kappa shape index (κ2) is 6.84. The summed E-state index contributed by atoms with van der Waals surface area (Å²) in [6.45, 7) is 5.92. The van der Waals surface area contributed by atoms with Gasteiger partial charge in [0.2, 0.25) is 5.91 Å². The molecule has 0 atom stereocenters. The van der Waals surface area contributed by atoms with Gasteiger partial charge in [0.1, 0.15) is 12.1 Å². The average molecular weight is 336 g/mol. The van der Waals surface area contributed by atoms with E-state index in [4.69, 9.17) is 0 Å². The van der Waals surface area contributed by atoms with Gasteiger partial charge >= 0.3 is 0 Å². The van der Waals surface area contributed by atoms with E-state index in [0.717, 1.165) is 21.5 Å². The molecule has 25 heavy (non-hydrogen) atoms. The number of amides is 1. The third-order valence-electron chi connectivity index (χ3n) is 4.11. The van der Waals surface area contributed by atoms with Crippen molar-refractivity contribution in [2.45, 2.75) is 33.2 Å². The Balaban J connectivity index is 1.87. The second-order valence-electron chi connectivity index (χ2n) is 6.31. The van der Waals surface area contributed by atoms with Crippen LogP contribution in [0.3, 0.4) is 0 Å². The van der Waals surface area contributed by atoms with E-state index in [1.807, 2.05) is 25.1 Å². The number of nitrogens with one attached hydrogen (secondary N) is 1. The third-order valence-corrected chi connectivity index (χ3v) is 4.11. The number of para-hydroxylation sites is 1. The largest absolute Gasteiger partial charge is 0.324 e. The quantitative estimate of drug-likeness (QED) is 0.795. The lowest BCUT2D eigenvalue weighted by atomic mass is 9.98. The number of aromatic nitrogens is 3. The van der Waals surface area contributed by atoms with Crippen LogP contribution in [0.1, 0.15) is 30.9 Å². The van der Waals surface area contributed by atoms with Crippen molar-refractivity contribution in [3.63, 3.8) is 0 Å². The Bertz CT molecular complexity index is 992. The molecule has 0 fully saturated rings. The molecule has 0 radical (unpaired) electrons. The Kier molecular flexibility index (Phi) is 4.61. The van der Waals surface area contributed by atoms with Gasteiger partial charge in [0.15, 0.2) is 0 Å². The van der Waals surface area contributed by atoms with Crippen LogP contribution in [-0.4, -0.2) is 20.9 Å². The van der Waals surface area contributed by atoms with Gasteiger partial charge in [0.05, 0.1) is 5.39 Å². The molecule has 128 valence electrons. The minimum atomic E-state index is -0.324. The molecule has 3 rings (SSSR count). The summed E-state index contributed by atoms with van der Waals surface area (Å²) < 4.78 is 1.09. The highest BCUT2D eigenvalue weighted by atomic mass is 16.2. The maximum absolute atomic E-state index is 12.5. The maximum Gasteiger partial charge on any atom is 0.278 e. The summed E-state index contributed by atoms with van der Waals surface area (Å²) in [6, 6.07) is 12.9. The van der Waals surface area contributed by atoms with Crippen molar-refractivity contribution in [3.8, 4) is 0 Å². The Hall–Kier alpha value is -3.02. The first-order valence-corrected chi connectivity index (χ1v) is 8.19. The summed E-state index contributed by atoms with van der Waals surface area (Å²) in [6.07, 6.45) is 0. The van der Waals surface area contributed by atoms with Gasteiger partial charge in [-0.3, -0.25) is 9.59 Å². The van der Waals surface area contributed by atoms with Crippen molar-refractivity contribution in [1.29, 1.82) is 0 Å². The molecule has 0 saturated heterocycles. The molecule has 0 saturated carbocycles. The van der Waals surface area contributed by atoms with Gasteiger partial charge in [0.25, 0.3) is 5.56 Å². The normalized spacial score (nSPS) is 11.0. The van der Waals surface area contributed by atoms with Gasteiger partial charge in [-0.05, 0) is 36.1 Å². The van der Waals surface area contributed by atoms with E-state index in [9.17, 15) is 9.59 Å². The molecule has 1 amide bonds. The molecule has 0 bridgehead atoms. The van der Waals surface area contributed by atoms with Crippen molar-refractivity contribution in [2.24, 2.45) is 0 Å². The Morgan fingerprint density at radius 3 is 2.68 bits per heavy atom. The summed E-state index contributed by atoms with van der Waals surface area (Å²) in [4.78, 5) is 24.9. The van der Waals surface area contributed by atoms with E-state index in [2.05, 4.69) is 29.5 Å². The fraction of sp³-hybridized carbons (Fsp3) is 0.263. The van der Waals surface area contributed by atoms with Crippen molar-refractivity contribution in [2.75, 3.05) is 5.32 Å². The van der Waals surface area contributed by atoms with Gasteiger partial charge in [-0.15, -0.1) is 5.10 Å². The van der Waals surface area contributed by atoms with E-state index in [1.54, 1.807) is 24.3 Å². The monoisotopic (exact) mass is 336 g/mol. The summed E-state index contributed by atoms with van der Waals surface area (Å²) in [7, 11) is 0. The molecule has 1 N–H and O–H groups in total. The average Bonchev–Trinajstić information content (AvgIpc) is 2.59. The van der Waals surface area contributed by atoms with E-state index >= 15 is 0 Å². The topological polar surface area (TPSA) is 76.9 Å². The summed E-state index contributed by atoms with van der Waals surface area (Å²) >= 11 is 0. The molecular weight excluding hydrogens is 316 g/mol. The van der Waals surface area contributed by atoms with Gasteiger partial charge in [0, 0.05) is 5.69 Å². The molecule has 0 unspecified atom stereocenters. The van der Waals surface area contributed by atoms with Crippen molar-refractivity contribution >= 4 is 22.5 Å². The summed E-state index contributed by atoms with van der Waals surface area (Å²) in [5, 5.41) is 11.2. The highest BCUT2D eigenvalue weighted by molar-refractivity contribution is 5.92. The maximum atomic E-state index is 12.5. The first-order valence-electron chi connectivity index (χ1n) is 8.19. The van der Waals surface area contributed by atoms with Crippen molar-refractivity contribution < 1.29 is 4.79 Å². The van der Waals surface area contributed by atoms with Crippen LogP contribution in [0.15, 0.2) is 47.3 Å². The molecule has 1 heterocycles. The van der Waals surface area contributed by atoms with E-state index in [0.29, 0.717) is 10.9 Å². The molecule has 2 aromatic carbocycles. The number of fused-ring (bicyclic) bond motifs is 1. The molecule has 6 nitrogen and oxygen atoms in total. The Labute approximate surface area is 145 Å². The number of aryl methyl sites for hydroxylation is 1. The van der Waals surface area contributed by atoms with Crippen LogP contribution in [0.25, 0.3) is 10.9 Å². The molecule has 1 aromatic heterocycles. The zero-order valence-electron chi connectivity index (χ0n) is 14.5. The van der Waals surface area contributed by atoms with Crippen LogP contribution in [0, 0.1) is 6.92 Å². The van der Waals surface area contributed by atoms with Gasteiger partial charge < -0.3 is 5.32 Å². The van der Waals surface area contributed by atoms with Crippen LogP contribution in [0.5, 0.6) is 0 Å². The predicted octanol–water partition coefficient (Wildman–Crippen LogP) is 2.86. The zero-order valence-corrected chi connectivity index (χ0v) is 14.5. The van der Waals surface area contributed by atoms with Gasteiger partial charge in [-0.25, -0.2) is 4.68 Å². The number of nitrogens with zero attached hydrogens (tertiary/aromatic N) is 3. The highest BCUT2D eigenvalue weighted by Gasteiger charge is 2.14. The van der Waals surface area contributed by atoms with Crippen molar-refractivity contribution in [1.82, 2.24) is 15.0 Å². The Morgan fingerprint density at radius 2 is 1.92 bits per heavy atom. The predicted molar refractivity (Wildman–Crippen MR) is 97.7 cm³/mol. The van der Waals surface area contributed by atoms with Crippen LogP contribution in [0.4, 0.5) is 5.69 Å². The number of carbonyl (C=O) groups is 1. The minimum Gasteiger partial charge on any atom is -0.324 e.